The Morgan fingerprint density at radius 1 is 0.714 bits per heavy atom. The molecule has 1 N–H and O–H groups in total. The summed E-state index contributed by atoms with van der Waals surface area (Å²) in [6.45, 7) is 11.4. The molecule has 0 spiro atoms. The van der Waals surface area contributed by atoms with Crippen LogP contribution in [0.15, 0.2) is 84.9 Å². The van der Waals surface area contributed by atoms with Gasteiger partial charge >= 0.3 is 12.4 Å². The van der Waals surface area contributed by atoms with Crippen LogP contribution < -0.4 is 4.74 Å². The molecule has 4 rings (SSSR count). The molecule has 0 aliphatic rings. The molecule has 4 nitrogen and oxygen atoms in total. The Morgan fingerprint density at radius 3 is 1.59 bits per heavy atom. The topological polar surface area (TPSA) is 77.0 Å². The Bertz CT molecular complexity index is 1770. The molecule has 0 aliphatic heterocycles. The maximum Gasteiger partial charge on any atom is 0.411 e. The minimum absolute atomic E-state index is 0.0444. The van der Waals surface area contributed by atoms with Gasteiger partial charge in [0.25, 0.3) is 0 Å². The van der Waals surface area contributed by atoms with E-state index in [-0.39, 0.29) is 17.1 Å². The van der Waals surface area contributed by atoms with Crippen LogP contribution in [0.25, 0.3) is 0 Å². The monoisotopic (exact) mass is 722 g/mol. The van der Waals surface area contributed by atoms with Gasteiger partial charge in [0.05, 0.1) is 21.0 Å². The predicted octanol–water partition coefficient (Wildman–Crippen LogP) is 12.3. The van der Waals surface area contributed by atoms with Crippen molar-refractivity contribution in [2.75, 3.05) is 0 Å². The first-order valence-electron chi connectivity index (χ1n) is 14.9. The molecule has 0 aromatic heterocycles. The molecule has 0 saturated heterocycles. The van der Waals surface area contributed by atoms with Crippen molar-refractivity contribution in [2.45, 2.75) is 70.1 Å². The molecule has 0 saturated carbocycles. The number of phenolic OH excluding ortho intramolecular Hbond substituents is 1. The Balaban J connectivity index is 0.000000498. The maximum atomic E-state index is 14.2. The lowest BCUT2D eigenvalue weighted by Gasteiger charge is -2.38. The highest BCUT2D eigenvalue weighted by molar-refractivity contribution is 6.31. The van der Waals surface area contributed by atoms with Crippen LogP contribution in [0.1, 0.15) is 80.8 Å². The fourth-order valence-electron chi connectivity index (χ4n) is 4.96. The van der Waals surface area contributed by atoms with Crippen molar-refractivity contribution in [3.8, 4) is 29.4 Å². The van der Waals surface area contributed by atoms with Crippen LogP contribution in [-0.2, 0) is 10.3 Å². The lowest BCUT2D eigenvalue weighted by Crippen LogP contribution is -2.54. The summed E-state index contributed by atoms with van der Waals surface area (Å²) in [6, 6.07) is 20.2. The number of benzene rings is 4. The van der Waals surface area contributed by atoms with Gasteiger partial charge in [-0.05, 0) is 78.4 Å². The molecule has 49 heavy (non-hydrogen) atoms. The zero-order valence-electron chi connectivity index (χ0n) is 27.4. The number of hydrogen-bond donors (Lipinski definition) is 1. The Hall–Kier alpha value is -4.38. The first kappa shape index (κ1) is 40.8. The summed E-state index contributed by atoms with van der Waals surface area (Å²) in [5.74, 6) is -0.175. The van der Waals surface area contributed by atoms with Gasteiger partial charge in [-0.1, -0.05) is 87.8 Å². The fourth-order valence-corrected chi connectivity index (χ4v) is 5.34. The molecule has 0 bridgehead atoms. The summed E-state index contributed by atoms with van der Waals surface area (Å²) in [4.78, 5) is -0.933. The quantitative estimate of drug-likeness (QED) is 0.159. The van der Waals surface area contributed by atoms with Crippen LogP contribution in [0.5, 0.6) is 17.2 Å². The Kier molecular flexibility index (Phi) is 13.6. The second-order valence-electron chi connectivity index (χ2n) is 11.2. The van der Waals surface area contributed by atoms with E-state index in [0.717, 1.165) is 29.8 Å². The summed E-state index contributed by atoms with van der Waals surface area (Å²) in [6.07, 6.45) is -11.5. The number of nitrogens with zero attached hydrogens (tertiary/aromatic N) is 2. The van der Waals surface area contributed by atoms with Gasteiger partial charge in [0, 0.05) is 0 Å². The zero-order chi connectivity index (χ0) is 37.4. The molecule has 0 amide bonds. The van der Waals surface area contributed by atoms with E-state index in [4.69, 9.17) is 33.2 Å². The van der Waals surface area contributed by atoms with Gasteiger partial charge in [0.15, 0.2) is 0 Å². The molecule has 0 fully saturated rings. The summed E-state index contributed by atoms with van der Waals surface area (Å²) >= 11 is 12.2. The lowest BCUT2D eigenvalue weighted by molar-refractivity contribution is -0.288. The van der Waals surface area contributed by atoms with Gasteiger partial charge < -0.3 is 9.84 Å². The van der Waals surface area contributed by atoms with Crippen LogP contribution in [0.4, 0.5) is 26.3 Å². The summed E-state index contributed by atoms with van der Waals surface area (Å²) in [7, 11) is 0. The van der Waals surface area contributed by atoms with Crippen molar-refractivity contribution >= 4 is 23.2 Å². The molecule has 12 heteroatoms. The van der Waals surface area contributed by atoms with Crippen molar-refractivity contribution in [1.29, 1.82) is 10.5 Å². The first-order chi connectivity index (χ1) is 22.8. The molecule has 260 valence electrons. The van der Waals surface area contributed by atoms with E-state index in [1.807, 2.05) is 45.9 Å². The molecular formula is C37H34Cl2F6N2O2. The molecule has 4 aromatic carbocycles. The zero-order valence-corrected chi connectivity index (χ0v) is 28.9. The predicted molar refractivity (Wildman–Crippen MR) is 179 cm³/mol. The van der Waals surface area contributed by atoms with Crippen LogP contribution in [0.2, 0.25) is 5.02 Å². The number of alkyl halides is 7. The average molecular weight is 724 g/mol. The first-order valence-corrected chi connectivity index (χ1v) is 15.7. The van der Waals surface area contributed by atoms with Gasteiger partial charge in [0.2, 0.25) is 5.41 Å². The summed E-state index contributed by atoms with van der Waals surface area (Å²) in [5, 5.41) is 28.3. The lowest BCUT2D eigenvalue weighted by atomic mass is 9.73. The number of ether oxygens (including phenoxy) is 1. The van der Waals surface area contributed by atoms with E-state index in [1.54, 1.807) is 32.0 Å². The minimum atomic E-state index is -5.77. The third kappa shape index (κ3) is 9.00. The Morgan fingerprint density at radius 2 is 1.18 bits per heavy atom. The molecular weight excluding hydrogens is 689 g/mol. The van der Waals surface area contributed by atoms with Crippen LogP contribution in [0.3, 0.4) is 0 Å². The molecule has 0 unspecified atom stereocenters. The summed E-state index contributed by atoms with van der Waals surface area (Å²) < 4.78 is 90.7. The number of nitriles is 2. The van der Waals surface area contributed by atoms with E-state index < -0.39 is 39.5 Å². The van der Waals surface area contributed by atoms with E-state index in [9.17, 15) is 36.7 Å². The molecule has 0 radical (unpaired) electrons. The maximum absolute atomic E-state index is 14.2. The number of phenols is 1. The second-order valence-corrected chi connectivity index (χ2v) is 12.5. The van der Waals surface area contributed by atoms with Crippen molar-refractivity contribution in [3.63, 3.8) is 0 Å². The van der Waals surface area contributed by atoms with Gasteiger partial charge in [0.1, 0.15) is 29.4 Å². The van der Waals surface area contributed by atoms with Crippen molar-refractivity contribution in [3.05, 3.63) is 123 Å². The van der Waals surface area contributed by atoms with Gasteiger partial charge in [-0.15, -0.1) is 11.6 Å². The van der Waals surface area contributed by atoms with Crippen molar-refractivity contribution in [2.24, 2.45) is 0 Å². The number of hydrogen-bond acceptors (Lipinski definition) is 4. The average Bonchev–Trinajstić information content (AvgIpc) is 3.02. The second kappa shape index (κ2) is 16.3. The number of aromatic hydroxyl groups is 1. The van der Waals surface area contributed by atoms with Crippen LogP contribution in [-0.4, -0.2) is 17.5 Å². The highest BCUT2D eigenvalue weighted by Gasteiger charge is 2.72. The minimum Gasteiger partial charge on any atom is -0.508 e. The SMILES string of the molecule is CC.CC(C)(Cl)c1cccc(Oc2ccc(C(c3ccc(O)cc3)(C(F)(F)F)C(F)(F)F)cc2)c1C#N.CC(C)c1cccc(Cl)c1C#N. The number of rotatable bonds is 6. The van der Waals surface area contributed by atoms with Gasteiger partial charge in [-0.2, -0.15) is 36.9 Å². The normalized spacial score (nSPS) is 11.7. The van der Waals surface area contributed by atoms with E-state index in [0.29, 0.717) is 46.3 Å². The standard InChI is InChI=1S/C25H18ClF6NO2.C10H10ClN.C2H6/c1-22(2,26)20-4-3-5-21(19(20)14-33)35-18-12-8-16(9-13-18)23(24(27,28)29,25(30,31)32)15-6-10-17(34)11-7-15;1-7(2)8-4-3-5-10(11)9(8)6-12;1-2/h3-13,34H,1-2H3;3-5,7H,1-2H3;1-2H3. The van der Waals surface area contributed by atoms with Crippen molar-refractivity contribution < 1.29 is 36.2 Å². The smallest absolute Gasteiger partial charge is 0.411 e. The molecule has 0 heterocycles. The fraction of sp³-hybridized carbons (Fsp3) is 0.297. The number of halogens is 8. The Labute approximate surface area is 292 Å². The van der Waals surface area contributed by atoms with Crippen LogP contribution in [0, 0.1) is 22.7 Å². The molecule has 0 aliphatic carbocycles. The van der Waals surface area contributed by atoms with Crippen LogP contribution >= 0.6 is 23.2 Å². The van der Waals surface area contributed by atoms with Gasteiger partial charge in [-0.25, -0.2) is 0 Å². The third-order valence-corrected chi connectivity index (χ3v) is 7.74. The van der Waals surface area contributed by atoms with E-state index in [1.165, 1.54) is 6.07 Å². The largest absolute Gasteiger partial charge is 0.508 e. The van der Waals surface area contributed by atoms with E-state index in [2.05, 4.69) is 6.07 Å². The van der Waals surface area contributed by atoms with Crippen molar-refractivity contribution in [1.82, 2.24) is 0 Å². The molecule has 0 atom stereocenters. The highest BCUT2D eigenvalue weighted by Crippen LogP contribution is 2.56. The summed E-state index contributed by atoms with van der Waals surface area (Å²) in [5.41, 5.74) is -4.40. The van der Waals surface area contributed by atoms with E-state index >= 15 is 0 Å². The highest BCUT2D eigenvalue weighted by atomic mass is 35.5. The third-order valence-electron chi connectivity index (χ3n) is 7.22. The van der Waals surface area contributed by atoms with Gasteiger partial charge in [-0.3, -0.25) is 0 Å². The molecule has 4 aromatic rings.